The van der Waals surface area contributed by atoms with Crippen molar-refractivity contribution in [1.29, 1.82) is 0 Å². The van der Waals surface area contributed by atoms with Crippen LogP contribution in [0.25, 0.3) is 0 Å². The Labute approximate surface area is 136 Å². The number of aryl methyl sites for hydroxylation is 2. The van der Waals surface area contributed by atoms with E-state index in [2.05, 4.69) is 35.9 Å². The van der Waals surface area contributed by atoms with Crippen molar-refractivity contribution in [2.45, 2.75) is 18.7 Å². The quantitative estimate of drug-likeness (QED) is 0.739. The van der Waals surface area contributed by atoms with E-state index in [9.17, 15) is 8.42 Å². The lowest BCUT2D eigenvalue weighted by Crippen LogP contribution is -2.29. The van der Waals surface area contributed by atoms with Crippen LogP contribution in [0, 0.1) is 13.8 Å². The first-order valence-corrected chi connectivity index (χ1v) is 9.26. The van der Waals surface area contributed by atoms with Gasteiger partial charge in [0.1, 0.15) is 0 Å². The molecule has 9 heteroatoms. The number of hydrogen-bond donors (Lipinski definition) is 2. The molecule has 0 aliphatic rings. The van der Waals surface area contributed by atoms with E-state index >= 15 is 0 Å². The van der Waals surface area contributed by atoms with Gasteiger partial charge in [0.25, 0.3) is 0 Å². The first-order chi connectivity index (χ1) is 9.88. The van der Waals surface area contributed by atoms with Gasteiger partial charge >= 0.3 is 0 Å². The third-order valence-corrected chi connectivity index (χ3v) is 5.70. The predicted molar refractivity (Wildman–Crippen MR) is 87.2 cm³/mol. The van der Waals surface area contributed by atoms with Crippen molar-refractivity contribution in [3.05, 3.63) is 32.7 Å². The Hall–Kier alpha value is -1.03. The molecule has 2 heterocycles. The van der Waals surface area contributed by atoms with Crippen molar-refractivity contribution in [2.75, 3.05) is 18.4 Å². The number of rotatable bonds is 6. The molecule has 0 atom stereocenters. The van der Waals surface area contributed by atoms with Crippen LogP contribution in [0.3, 0.4) is 0 Å². The van der Waals surface area contributed by atoms with Crippen LogP contribution >= 0.6 is 27.3 Å². The van der Waals surface area contributed by atoms with Crippen LogP contribution in [-0.2, 0) is 10.0 Å². The summed E-state index contributed by atoms with van der Waals surface area (Å²) in [6, 6.07) is 1.69. The van der Waals surface area contributed by atoms with Crippen LogP contribution in [0.5, 0.6) is 0 Å². The maximum absolute atomic E-state index is 12.2. The molecule has 114 valence electrons. The summed E-state index contributed by atoms with van der Waals surface area (Å²) in [5, 5.41) is 2.95. The highest BCUT2D eigenvalue weighted by atomic mass is 79.9. The van der Waals surface area contributed by atoms with Crippen LogP contribution < -0.4 is 10.0 Å². The standard InChI is InChI=1S/C12H15BrN4O2S2/c1-8-5-11(9(2)20-8)21(18,19)17-4-3-14-12-15-6-10(13)7-16-12/h5-7,17H,3-4H2,1-2H3,(H,14,15,16). The lowest BCUT2D eigenvalue weighted by atomic mass is 10.4. The zero-order valence-corrected chi connectivity index (χ0v) is 14.8. The van der Waals surface area contributed by atoms with Gasteiger partial charge in [-0.05, 0) is 35.8 Å². The largest absolute Gasteiger partial charge is 0.353 e. The van der Waals surface area contributed by atoms with Gasteiger partial charge in [0.05, 0.1) is 9.37 Å². The Morgan fingerprint density at radius 1 is 1.24 bits per heavy atom. The number of halogens is 1. The highest BCUT2D eigenvalue weighted by molar-refractivity contribution is 9.10. The number of nitrogens with one attached hydrogen (secondary N) is 2. The molecule has 2 N–H and O–H groups in total. The van der Waals surface area contributed by atoms with Crippen molar-refractivity contribution < 1.29 is 8.42 Å². The Morgan fingerprint density at radius 2 is 1.90 bits per heavy atom. The van der Waals surface area contributed by atoms with E-state index < -0.39 is 10.0 Å². The lowest BCUT2D eigenvalue weighted by molar-refractivity contribution is 0.582. The highest BCUT2D eigenvalue weighted by Crippen LogP contribution is 2.24. The zero-order valence-electron chi connectivity index (χ0n) is 11.6. The van der Waals surface area contributed by atoms with Gasteiger partial charge in [0.15, 0.2) is 0 Å². The van der Waals surface area contributed by atoms with E-state index in [1.165, 1.54) is 11.3 Å². The number of sulfonamides is 1. The molecule has 2 aromatic rings. The summed E-state index contributed by atoms with van der Waals surface area (Å²) >= 11 is 4.72. The minimum absolute atomic E-state index is 0.260. The second kappa shape index (κ2) is 6.82. The molecule has 0 fully saturated rings. The lowest BCUT2D eigenvalue weighted by Gasteiger charge is -2.07. The SMILES string of the molecule is Cc1cc(S(=O)(=O)NCCNc2ncc(Br)cn2)c(C)s1. The fourth-order valence-electron chi connectivity index (χ4n) is 1.72. The fourth-order valence-corrected chi connectivity index (χ4v) is 4.50. The summed E-state index contributed by atoms with van der Waals surface area (Å²) in [4.78, 5) is 10.2. The molecular formula is C12H15BrN4O2S2. The van der Waals surface area contributed by atoms with Crippen LogP contribution in [0.15, 0.2) is 27.8 Å². The summed E-state index contributed by atoms with van der Waals surface area (Å²) in [5.41, 5.74) is 0. The van der Waals surface area contributed by atoms with Gasteiger partial charge in [-0.2, -0.15) is 0 Å². The number of hydrogen-bond acceptors (Lipinski definition) is 6. The summed E-state index contributed by atoms with van der Waals surface area (Å²) < 4.78 is 27.7. The third kappa shape index (κ3) is 4.47. The van der Waals surface area contributed by atoms with E-state index in [1.807, 2.05) is 6.92 Å². The van der Waals surface area contributed by atoms with Crippen LogP contribution in [-0.4, -0.2) is 31.5 Å². The molecule has 0 saturated heterocycles. The van der Waals surface area contributed by atoms with Crippen LogP contribution in [0.2, 0.25) is 0 Å². The topological polar surface area (TPSA) is 84.0 Å². The Kier molecular flexibility index (Phi) is 5.31. The second-order valence-corrected chi connectivity index (χ2v) is 8.44. The molecule has 0 spiro atoms. The van der Waals surface area contributed by atoms with Gasteiger partial charge < -0.3 is 5.32 Å². The van der Waals surface area contributed by atoms with Gasteiger partial charge in [-0.25, -0.2) is 23.1 Å². The van der Waals surface area contributed by atoms with Gasteiger partial charge in [-0.3, -0.25) is 0 Å². The summed E-state index contributed by atoms with van der Waals surface area (Å²) in [6.45, 7) is 4.36. The maximum atomic E-state index is 12.2. The van der Waals surface area contributed by atoms with E-state index in [0.717, 1.165) is 14.2 Å². The Balaban J connectivity index is 1.88. The average molecular weight is 391 g/mol. The summed E-state index contributed by atoms with van der Waals surface area (Å²) in [7, 11) is -3.46. The minimum Gasteiger partial charge on any atom is -0.353 e. The van der Waals surface area contributed by atoms with E-state index in [1.54, 1.807) is 25.4 Å². The predicted octanol–water partition coefficient (Wildman–Crippen LogP) is 2.31. The molecule has 0 radical (unpaired) electrons. The van der Waals surface area contributed by atoms with Gasteiger partial charge in [0, 0.05) is 35.2 Å². The van der Waals surface area contributed by atoms with Gasteiger partial charge in [-0.15, -0.1) is 11.3 Å². The molecular weight excluding hydrogens is 376 g/mol. The molecule has 0 unspecified atom stereocenters. The molecule has 0 bridgehead atoms. The first kappa shape index (κ1) is 16.3. The number of aromatic nitrogens is 2. The monoisotopic (exact) mass is 390 g/mol. The number of nitrogens with zero attached hydrogens (tertiary/aromatic N) is 2. The zero-order chi connectivity index (χ0) is 15.5. The van der Waals surface area contributed by atoms with E-state index in [4.69, 9.17) is 0 Å². The average Bonchev–Trinajstić information content (AvgIpc) is 2.77. The van der Waals surface area contributed by atoms with Crippen LogP contribution in [0.1, 0.15) is 9.75 Å². The Morgan fingerprint density at radius 3 is 2.48 bits per heavy atom. The van der Waals surface area contributed by atoms with Crippen molar-refractivity contribution in [2.24, 2.45) is 0 Å². The molecule has 21 heavy (non-hydrogen) atoms. The molecule has 0 aliphatic heterocycles. The molecule has 6 nitrogen and oxygen atoms in total. The third-order valence-electron chi connectivity index (χ3n) is 2.61. The molecule has 2 rings (SSSR count). The number of anilines is 1. The van der Waals surface area contributed by atoms with Gasteiger partial charge in [0.2, 0.25) is 16.0 Å². The normalized spacial score (nSPS) is 11.6. The van der Waals surface area contributed by atoms with Crippen molar-refractivity contribution in [3.8, 4) is 0 Å². The molecule has 0 amide bonds. The number of thiophene rings is 1. The molecule has 2 aromatic heterocycles. The maximum Gasteiger partial charge on any atom is 0.241 e. The second-order valence-electron chi connectivity index (χ2n) is 4.33. The summed E-state index contributed by atoms with van der Waals surface area (Å²) in [5.74, 6) is 0.458. The minimum atomic E-state index is -3.46. The van der Waals surface area contributed by atoms with Crippen LogP contribution in [0.4, 0.5) is 5.95 Å². The van der Waals surface area contributed by atoms with Crippen molar-refractivity contribution >= 4 is 43.2 Å². The van der Waals surface area contributed by atoms with E-state index in [-0.39, 0.29) is 6.54 Å². The molecule has 0 saturated carbocycles. The van der Waals surface area contributed by atoms with E-state index in [0.29, 0.717) is 17.4 Å². The van der Waals surface area contributed by atoms with Crippen molar-refractivity contribution in [1.82, 2.24) is 14.7 Å². The van der Waals surface area contributed by atoms with Crippen molar-refractivity contribution in [3.63, 3.8) is 0 Å². The first-order valence-electron chi connectivity index (χ1n) is 6.16. The van der Waals surface area contributed by atoms with Gasteiger partial charge in [-0.1, -0.05) is 0 Å². The fraction of sp³-hybridized carbons (Fsp3) is 0.333. The smallest absolute Gasteiger partial charge is 0.241 e. The Bertz CT molecular complexity index is 713. The summed E-state index contributed by atoms with van der Waals surface area (Å²) in [6.07, 6.45) is 3.24. The molecule has 0 aliphatic carbocycles. The highest BCUT2D eigenvalue weighted by Gasteiger charge is 2.18. The molecule has 0 aromatic carbocycles.